The number of halogens is 1. The molecule has 2 aliphatic rings. The van der Waals surface area contributed by atoms with Gasteiger partial charge in [0.05, 0.1) is 11.4 Å². The number of aliphatic imine (C=N–C) groups is 1. The van der Waals surface area contributed by atoms with Gasteiger partial charge in [0.25, 0.3) is 5.91 Å². The third-order valence-electron chi connectivity index (χ3n) is 3.46. The maximum absolute atomic E-state index is 13.7. The molecule has 0 aliphatic carbocycles. The second-order valence-corrected chi connectivity index (χ2v) is 7.95. The fourth-order valence-electron chi connectivity index (χ4n) is 2.23. The van der Waals surface area contributed by atoms with Crippen LogP contribution in [0.3, 0.4) is 0 Å². The van der Waals surface area contributed by atoms with Crippen LogP contribution in [0.15, 0.2) is 34.2 Å². The van der Waals surface area contributed by atoms with E-state index in [1.807, 2.05) is 0 Å². The zero-order valence-electron chi connectivity index (χ0n) is 13.0. The SMILES string of the molecule is O=C(CCN1C(=O)/C(=C\c2ccccc2F)SC1=S)NC1=NCCS1. The molecule has 130 valence electrons. The molecule has 0 bridgehead atoms. The highest BCUT2D eigenvalue weighted by atomic mass is 32.2. The standard InChI is InChI=1S/C16H14FN3O2S3/c17-11-4-2-1-3-10(11)9-12-14(22)20(16(23)25-12)7-5-13(21)19-15-18-6-8-24-15/h1-4,9H,5-8H2,(H,18,19,21)/b12-9+. The van der Waals surface area contributed by atoms with Crippen molar-refractivity contribution in [1.82, 2.24) is 10.2 Å². The summed E-state index contributed by atoms with van der Waals surface area (Å²) in [6.07, 6.45) is 1.61. The largest absolute Gasteiger partial charge is 0.305 e. The van der Waals surface area contributed by atoms with Gasteiger partial charge in [0.2, 0.25) is 5.91 Å². The lowest BCUT2D eigenvalue weighted by Gasteiger charge is -2.13. The maximum atomic E-state index is 13.7. The molecule has 0 radical (unpaired) electrons. The van der Waals surface area contributed by atoms with Gasteiger partial charge in [-0.3, -0.25) is 19.5 Å². The first-order valence-corrected chi connectivity index (χ1v) is 9.72. The Morgan fingerprint density at radius 1 is 1.44 bits per heavy atom. The zero-order chi connectivity index (χ0) is 17.8. The lowest BCUT2D eigenvalue weighted by molar-refractivity contribution is -0.123. The fraction of sp³-hybridized carbons (Fsp3) is 0.250. The Labute approximate surface area is 158 Å². The van der Waals surface area contributed by atoms with E-state index in [4.69, 9.17) is 12.2 Å². The molecule has 2 aliphatic heterocycles. The number of carbonyl (C=O) groups excluding carboxylic acids is 2. The summed E-state index contributed by atoms with van der Waals surface area (Å²) in [4.78, 5) is 30.3. The molecular weight excluding hydrogens is 381 g/mol. The molecule has 0 atom stereocenters. The number of benzene rings is 1. The minimum Gasteiger partial charge on any atom is -0.305 e. The highest BCUT2D eigenvalue weighted by molar-refractivity contribution is 8.26. The van der Waals surface area contributed by atoms with Crippen LogP contribution in [0, 0.1) is 5.82 Å². The summed E-state index contributed by atoms with van der Waals surface area (Å²) in [6, 6.07) is 6.21. The Kier molecular flexibility index (Phi) is 5.87. The molecule has 1 saturated heterocycles. The van der Waals surface area contributed by atoms with Gasteiger partial charge in [0, 0.05) is 24.3 Å². The van der Waals surface area contributed by atoms with Gasteiger partial charge in [0.1, 0.15) is 10.1 Å². The second kappa shape index (κ2) is 8.11. The number of nitrogens with one attached hydrogen (secondary N) is 1. The Balaban J connectivity index is 1.61. The van der Waals surface area contributed by atoms with Gasteiger partial charge in [-0.15, -0.1) is 0 Å². The number of amides is 2. The van der Waals surface area contributed by atoms with Crippen LogP contribution >= 0.6 is 35.7 Å². The van der Waals surface area contributed by atoms with Crippen molar-refractivity contribution in [2.45, 2.75) is 6.42 Å². The van der Waals surface area contributed by atoms with E-state index < -0.39 is 5.82 Å². The maximum Gasteiger partial charge on any atom is 0.266 e. The summed E-state index contributed by atoms with van der Waals surface area (Å²) in [5.74, 6) is -0.0496. The number of thiocarbonyl (C=S) groups is 1. The molecule has 0 unspecified atom stereocenters. The van der Waals surface area contributed by atoms with Crippen LogP contribution in [0.4, 0.5) is 4.39 Å². The van der Waals surface area contributed by atoms with Gasteiger partial charge in [-0.1, -0.05) is 53.9 Å². The molecule has 0 aromatic heterocycles. The quantitative estimate of drug-likeness (QED) is 0.627. The molecule has 2 amide bonds. The monoisotopic (exact) mass is 395 g/mol. The highest BCUT2D eigenvalue weighted by Gasteiger charge is 2.32. The van der Waals surface area contributed by atoms with Crippen LogP contribution in [0.2, 0.25) is 0 Å². The van der Waals surface area contributed by atoms with E-state index in [0.717, 1.165) is 17.5 Å². The van der Waals surface area contributed by atoms with Crippen molar-refractivity contribution in [1.29, 1.82) is 0 Å². The van der Waals surface area contributed by atoms with E-state index in [2.05, 4.69) is 10.3 Å². The summed E-state index contributed by atoms with van der Waals surface area (Å²) in [7, 11) is 0. The van der Waals surface area contributed by atoms with Gasteiger partial charge >= 0.3 is 0 Å². The van der Waals surface area contributed by atoms with Crippen LogP contribution < -0.4 is 5.32 Å². The minimum absolute atomic E-state index is 0.124. The van der Waals surface area contributed by atoms with E-state index in [0.29, 0.717) is 26.5 Å². The molecule has 1 fully saturated rings. The van der Waals surface area contributed by atoms with Crippen molar-refractivity contribution in [2.75, 3.05) is 18.8 Å². The molecule has 0 saturated carbocycles. The lowest BCUT2D eigenvalue weighted by Crippen LogP contribution is -2.34. The molecule has 3 rings (SSSR count). The number of hydrogen-bond donors (Lipinski definition) is 1. The molecule has 9 heteroatoms. The first kappa shape index (κ1) is 18.1. The number of rotatable bonds is 4. The Morgan fingerprint density at radius 2 is 2.24 bits per heavy atom. The molecule has 5 nitrogen and oxygen atoms in total. The van der Waals surface area contributed by atoms with E-state index in [1.165, 1.54) is 28.8 Å². The summed E-state index contributed by atoms with van der Waals surface area (Å²) in [5.41, 5.74) is 0.331. The summed E-state index contributed by atoms with van der Waals surface area (Å²) >= 11 is 7.82. The van der Waals surface area contributed by atoms with Crippen molar-refractivity contribution in [3.63, 3.8) is 0 Å². The zero-order valence-corrected chi connectivity index (χ0v) is 15.5. The Morgan fingerprint density at radius 3 is 2.96 bits per heavy atom. The van der Waals surface area contributed by atoms with Crippen LogP contribution in [0.5, 0.6) is 0 Å². The topological polar surface area (TPSA) is 61.8 Å². The van der Waals surface area contributed by atoms with Gasteiger partial charge in [-0.05, 0) is 12.1 Å². The van der Waals surface area contributed by atoms with E-state index in [-0.39, 0.29) is 24.8 Å². The average molecular weight is 396 g/mol. The number of hydrogen-bond acceptors (Lipinski definition) is 6. The Hall–Kier alpha value is -1.71. The highest BCUT2D eigenvalue weighted by Crippen LogP contribution is 2.32. The third-order valence-corrected chi connectivity index (χ3v) is 5.73. The number of thioether (sulfide) groups is 2. The van der Waals surface area contributed by atoms with Gasteiger partial charge in [-0.25, -0.2) is 4.39 Å². The van der Waals surface area contributed by atoms with E-state index in [9.17, 15) is 14.0 Å². The molecule has 25 heavy (non-hydrogen) atoms. The lowest BCUT2D eigenvalue weighted by atomic mass is 10.2. The summed E-state index contributed by atoms with van der Waals surface area (Å²) < 4.78 is 14.1. The first-order valence-electron chi connectivity index (χ1n) is 7.51. The molecule has 1 N–H and O–H groups in total. The number of amidine groups is 1. The smallest absolute Gasteiger partial charge is 0.266 e. The van der Waals surface area contributed by atoms with Crippen molar-refractivity contribution in [3.8, 4) is 0 Å². The summed E-state index contributed by atoms with van der Waals surface area (Å²) in [5, 5.41) is 3.33. The van der Waals surface area contributed by atoms with E-state index in [1.54, 1.807) is 18.2 Å². The van der Waals surface area contributed by atoms with Gasteiger partial charge < -0.3 is 5.32 Å². The number of nitrogens with zero attached hydrogens (tertiary/aromatic N) is 2. The molecule has 1 aromatic rings. The predicted octanol–water partition coefficient (Wildman–Crippen LogP) is 2.64. The van der Waals surface area contributed by atoms with Crippen LogP contribution in [0.1, 0.15) is 12.0 Å². The van der Waals surface area contributed by atoms with Gasteiger partial charge in [0.15, 0.2) is 5.17 Å². The van der Waals surface area contributed by atoms with Crippen molar-refractivity contribution >= 4 is 63.1 Å². The number of carbonyl (C=O) groups is 2. The summed E-state index contributed by atoms with van der Waals surface area (Å²) in [6.45, 7) is 0.888. The molecule has 2 heterocycles. The van der Waals surface area contributed by atoms with Crippen molar-refractivity contribution < 1.29 is 14.0 Å². The second-order valence-electron chi connectivity index (χ2n) is 5.19. The first-order chi connectivity index (χ1) is 12.0. The molecular formula is C16H14FN3O2S3. The predicted molar refractivity (Wildman–Crippen MR) is 104 cm³/mol. The Bertz CT molecular complexity index is 795. The minimum atomic E-state index is -0.401. The fourth-order valence-corrected chi connectivity index (χ4v) is 4.28. The molecule has 0 spiro atoms. The van der Waals surface area contributed by atoms with Crippen LogP contribution in [-0.2, 0) is 9.59 Å². The normalized spacial score (nSPS) is 18.8. The van der Waals surface area contributed by atoms with Crippen LogP contribution in [0.25, 0.3) is 6.08 Å². The van der Waals surface area contributed by atoms with Crippen molar-refractivity contribution in [2.24, 2.45) is 4.99 Å². The van der Waals surface area contributed by atoms with Gasteiger partial charge in [-0.2, -0.15) is 0 Å². The van der Waals surface area contributed by atoms with Crippen LogP contribution in [-0.4, -0.2) is 45.0 Å². The molecule has 1 aromatic carbocycles. The van der Waals surface area contributed by atoms with Crippen molar-refractivity contribution in [3.05, 3.63) is 40.6 Å². The van der Waals surface area contributed by atoms with E-state index >= 15 is 0 Å². The average Bonchev–Trinajstić information content (AvgIpc) is 3.17. The third kappa shape index (κ3) is 4.47.